The molecular formula is C23H27Cl3N2O2. The highest BCUT2D eigenvalue weighted by atomic mass is 35.5. The van der Waals surface area contributed by atoms with E-state index in [1.165, 1.54) is 0 Å². The highest BCUT2D eigenvalue weighted by molar-refractivity contribution is 6.42. The highest BCUT2D eigenvalue weighted by Gasteiger charge is 2.28. The van der Waals surface area contributed by atoms with Crippen LogP contribution in [0.25, 0.3) is 0 Å². The maximum absolute atomic E-state index is 13.3. The van der Waals surface area contributed by atoms with Crippen molar-refractivity contribution in [2.75, 3.05) is 6.54 Å². The van der Waals surface area contributed by atoms with Crippen molar-refractivity contribution < 1.29 is 9.59 Å². The largest absolute Gasteiger partial charge is 0.354 e. The molecule has 7 heteroatoms. The van der Waals surface area contributed by atoms with Crippen LogP contribution in [0.15, 0.2) is 42.5 Å². The zero-order chi connectivity index (χ0) is 22.3. The molecule has 0 aliphatic heterocycles. The van der Waals surface area contributed by atoms with E-state index in [-0.39, 0.29) is 24.8 Å². The lowest BCUT2D eigenvalue weighted by Crippen LogP contribution is -2.50. The van der Waals surface area contributed by atoms with E-state index in [0.717, 1.165) is 11.1 Å². The minimum absolute atomic E-state index is 0.149. The number of carbonyl (C=O) groups is 2. The Balaban J connectivity index is 2.30. The third-order valence-electron chi connectivity index (χ3n) is 4.65. The predicted octanol–water partition coefficient (Wildman–Crippen LogP) is 5.77. The van der Waals surface area contributed by atoms with Crippen molar-refractivity contribution in [1.82, 2.24) is 10.2 Å². The fourth-order valence-corrected chi connectivity index (χ4v) is 3.63. The van der Waals surface area contributed by atoms with Crippen LogP contribution in [0, 0.1) is 5.92 Å². The second-order valence-electron chi connectivity index (χ2n) is 7.64. The van der Waals surface area contributed by atoms with Crippen molar-refractivity contribution in [3.05, 3.63) is 68.7 Å². The van der Waals surface area contributed by atoms with E-state index >= 15 is 0 Å². The van der Waals surface area contributed by atoms with Crippen molar-refractivity contribution in [2.45, 2.75) is 46.2 Å². The molecule has 0 aliphatic rings. The number of hydrogen-bond donors (Lipinski definition) is 1. The Morgan fingerprint density at radius 2 is 1.73 bits per heavy atom. The minimum Gasteiger partial charge on any atom is -0.354 e. The summed E-state index contributed by atoms with van der Waals surface area (Å²) in [6.07, 6.45) is 0.641. The van der Waals surface area contributed by atoms with Gasteiger partial charge in [-0.25, -0.2) is 0 Å². The van der Waals surface area contributed by atoms with Gasteiger partial charge < -0.3 is 10.2 Å². The monoisotopic (exact) mass is 468 g/mol. The third kappa shape index (κ3) is 7.19. The summed E-state index contributed by atoms with van der Waals surface area (Å²) in [4.78, 5) is 27.7. The molecule has 0 fully saturated rings. The molecule has 1 N–H and O–H groups in total. The van der Waals surface area contributed by atoms with Crippen LogP contribution in [0.4, 0.5) is 0 Å². The number of nitrogens with zero attached hydrogens (tertiary/aromatic N) is 1. The van der Waals surface area contributed by atoms with Gasteiger partial charge in [-0.1, -0.05) is 73.8 Å². The first-order chi connectivity index (χ1) is 14.2. The molecule has 1 atom stereocenters. The van der Waals surface area contributed by atoms with E-state index in [2.05, 4.69) is 5.32 Å². The van der Waals surface area contributed by atoms with Crippen LogP contribution >= 0.6 is 34.8 Å². The Morgan fingerprint density at radius 1 is 1.00 bits per heavy atom. The smallest absolute Gasteiger partial charge is 0.242 e. The number of amides is 2. The number of rotatable bonds is 9. The predicted molar refractivity (Wildman–Crippen MR) is 124 cm³/mol. The zero-order valence-corrected chi connectivity index (χ0v) is 19.7. The first-order valence-corrected chi connectivity index (χ1v) is 11.1. The normalized spacial score (nSPS) is 12.0. The lowest BCUT2D eigenvalue weighted by molar-refractivity contribution is -0.141. The second kappa shape index (κ2) is 11.6. The fourth-order valence-electron chi connectivity index (χ4n) is 3.10. The number of carbonyl (C=O) groups excluding carboxylic acids is 2. The molecule has 30 heavy (non-hydrogen) atoms. The summed E-state index contributed by atoms with van der Waals surface area (Å²) < 4.78 is 0. The molecule has 0 spiro atoms. The van der Waals surface area contributed by atoms with Crippen LogP contribution in [0.2, 0.25) is 15.1 Å². The molecule has 2 aromatic rings. The first-order valence-electron chi connectivity index (χ1n) is 9.96. The molecule has 0 unspecified atom stereocenters. The van der Waals surface area contributed by atoms with Crippen LogP contribution in [-0.2, 0) is 22.6 Å². The molecule has 2 aromatic carbocycles. The quantitative estimate of drug-likeness (QED) is 0.507. The lowest BCUT2D eigenvalue weighted by Gasteiger charge is -2.31. The molecule has 0 radical (unpaired) electrons. The van der Waals surface area contributed by atoms with Gasteiger partial charge >= 0.3 is 0 Å². The third-order valence-corrected chi connectivity index (χ3v) is 5.63. The summed E-state index contributed by atoms with van der Waals surface area (Å²) in [7, 11) is 0. The minimum atomic E-state index is -0.593. The van der Waals surface area contributed by atoms with Gasteiger partial charge in [-0.15, -0.1) is 0 Å². The second-order valence-corrected chi connectivity index (χ2v) is 8.89. The molecule has 4 nitrogen and oxygen atoms in total. The molecule has 0 saturated carbocycles. The van der Waals surface area contributed by atoms with E-state index in [4.69, 9.17) is 34.8 Å². The molecule has 0 aliphatic carbocycles. The van der Waals surface area contributed by atoms with Crippen LogP contribution in [0.5, 0.6) is 0 Å². The van der Waals surface area contributed by atoms with Crippen molar-refractivity contribution in [3.63, 3.8) is 0 Å². The van der Waals surface area contributed by atoms with Gasteiger partial charge in [0.05, 0.1) is 16.5 Å². The molecular weight excluding hydrogens is 443 g/mol. The van der Waals surface area contributed by atoms with Crippen molar-refractivity contribution in [2.24, 2.45) is 5.92 Å². The van der Waals surface area contributed by atoms with E-state index in [9.17, 15) is 9.59 Å². The topological polar surface area (TPSA) is 49.4 Å². The highest BCUT2D eigenvalue weighted by Crippen LogP contribution is 2.24. The SMILES string of the molecule is CC[C@@H](C(=O)NCC(C)C)N(Cc1ccc(Cl)c(Cl)c1)C(=O)Cc1cccc(Cl)c1. The Labute approximate surface area is 193 Å². The van der Waals surface area contributed by atoms with Crippen molar-refractivity contribution in [3.8, 4) is 0 Å². The summed E-state index contributed by atoms with van der Waals surface area (Å²) >= 11 is 18.2. The maximum Gasteiger partial charge on any atom is 0.242 e. The van der Waals surface area contributed by atoms with Gasteiger partial charge in [0.25, 0.3) is 0 Å². The summed E-state index contributed by atoms with van der Waals surface area (Å²) in [5.74, 6) is -0.00210. The average Bonchev–Trinajstić information content (AvgIpc) is 2.68. The molecule has 0 heterocycles. The summed E-state index contributed by atoms with van der Waals surface area (Å²) in [5.41, 5.74) is 1.60. The molecule has 162 valence electrons. The van der Waals surface area contributed by atoms with Crippen molar-refractivity contribution in [1.29, 1.82) is 0 Å². The molecule has 0 saturated heterocycles. The summed E-state index contributed by atoms with van der Waals surface area (Å²) in [5, 5.41) is 4.37. The van der Waals surface area contributed by atoms with Crippen molar-refractivity contribution >= 4 is 46.6 Å². The fraction of sp³-hybridized carbons (Fsp3) is 0.391. The molecule has 2 amide bonds. The number of benzene rings is 2. The molecule has 0 aromatic heterocycles. The van der Waals surface area contributed by atoms with E-state index in [1.807, 2.05) is 32.9 Å². The van der Waals surface area contributed by atoms with E-state index in [0.29, 0.717) is 34.0 Å². The van der Waals surface area contributed by atoms with Gasteiger partial charge in [0.1, 0.15) is 6.04 Å². The average molecular weight is 470 g/mol. The maximum atomic E-state index is 13.3. The molecule has 0 bridgehead atoms. The number of halogens is 3. The first kappa shape index (κ1) is 24.5. The summed E-state index contributed by atoms with van der Waals surface area (Å²) in [6, 6.07) is 11.8. The standard InChI is InChI=1S/C23H27Cl3N2O2/c1-4-21(23(30)27-13-15(2)3)28(14-17-8-9-19(25)20(26)11-17)22(29)12-16-6-5-7-18(24)10-16/h5-11,15,21H,4,12-14H2,1-3H3,(H,27,30)/t21-/m0/s1. The van der Waals surface area contributed by atoms with E-state index < -0.39 is 6.04 Å². The lowest BCUT2D eigenvalue weighted by atomic mass is 10.1. The van der Waals surface area contributed by atoms with Crippen LogP contribution in [0.1, 0.15) is 38.3 Å². The van der Waals surface area contributed by atoms with Gasteiger partial charge in [0.2, 0.25) is 11.8 Å². The number of nitrogens with one attached hydrogen (secondary N) is 1. The van der Waals surface area contributed by atoms with E-state index in [1.54, 1.807) is 35.2 Å². The van der Waals surface area contributed by atoms with Gasteiger partial charge in [-0.3, -0.25) is 9.59 Å². The Morgan fingerprint density at radius 3 is 2.33 bits per heavy atom. The Hall–Kier alpha value is -1.75. The Kier molecular flexibility index (Phi) is 9.47. The van der Waals surface area contributed by atoms with Gasteiger partial charge in [0, 0.05) is 18.1 Å². The van der Waals surface area contributed by atoms with Crippen LogP contribution < -0.4 is 5.32 Å². The van der Waals surface area contributed by atoms with Gasteiger partial charge in [-0.2, -0.15) is 0 Å². The zero-order valence-electron chi connectivity index (χ0n) is 17.4. The Bertz CT molecular complexity index is 887. The van der Waals surface area contributed by atoms with Gasteiger partial charge in [0.15, 0.2) is 0 Å². The van der Waals surface area contributed by atoms with Crippen LogP contribution in [-0.4, -0.2) is 29.3 Å². The van der Waals surface area contributed by atoms with Gasteiger partial charge in [-0.05, 0) is 47.7 Å². The summed E-state index contributed by atoms with van der Waals surface area (Å²) in [6.45, 7) is 6.76. The number of hydrogen-bond acceptors (Lipinski definition) is 2. The van der Waals surface area contributed by atoms with Crippen LogP contribution in [0.3, 0.4) is 0 Å². The molecule has 2 rings (SSSR count).